The first kappa shape index (κ1) is 17.2. The fourth-order valence-corrected chi connectivity index (χ4v) is 2.24. The first-order valence-corrected chi connectivity index (χ1v) is 7.23. The van der Waals surface area contributed by atoms with Crippen molar-refractivity contribution in [2.24, 2.45) is 5.73 Å². The third-order valence-corrected chi connectivity index (χ3v) is 3.58. The Morgan fingerprint density at radius 3 is 2.38 bits per heavy atom. The molecule has 2 rings (SSSR count). The lowest BCUT2D eigenvalue weighted by Crippen LogP contribution is -2.03. The lowest BCUT2D eigenvalue weighted by atomic mass is 10.1. The number of rotatable bonds is 3. The fourth-order valence-electron chi connectivity index (χ4n) is 1.85. The molecule has 24 heavy (non-hydrogen) atoms. The molecule has 2 N–H and O–H groups in total. The van der Waals surface area contributed by atoms with Crippen LogP contribution in [0, 0.1) is 34.0 Å². The van der Waals surface area contributed by atoms with Crippen molar-refractivity contribution in [2.45, 2.75) is 0 Å². The van der Waals surface area contributed by atoms with Crippen LogP contribution >= 0.6 is 23.2 Å². The van der Waals surface area contributed by atoms with Gasteiger partial charge in [-0.2, -0.15) is 15.8 Å². The van der Waals surface area contributed by atoms with Crippen LogP contribution in [-0.4, -0.2) is 0 Å². The van der Waals surface area contributed by atoms with Crippen molar-refractivity contribution >= 4 is 29.3 Å². The number of furan rings is 1. The molecule has 0 spiro atoms. The van der Waals surface area contributed by atoms with Crippen molar-refractivity contribution in [1.82, 2.24) is 0 Å². The van der Waals surface area contributed by atoms with Gasteiger partial charge in [-0.05, 0) is 30.3 Å². The van der Waals surface area contributed by atoms with E-state index in [4.69, 9.17) is 43.9 Å². The van der Waals surface area contributed by atoms with Crippen LogP contribution in [0.25, 0.3) is 17.4 Å². The Bertz CT molecular complexity index is 965. The van der Waals surface area contributed by atoms with Crippen LogP contribution in [0.1, 0.15) is 5.76 Å². The molecule has 0 atom stereocenters. The summed E-state index contributed by atoms with van der Waals surface area (Å²) in [6.07, 6.45) is 1.34. The van der Waals surface area contributed by atoms with Gasteiger partial charge in [-0.25, -0.2) is 0 Å². The van der Waals surface area contributed by atoms with E-state index < -0.39 is 0 Å². The summed E-state index contributed by atoms with van der Waals surface area (Å²) in [7, 11) is 0. The summed E-state index contributed by atoms with van der Waals surface area (Å²) in [5, 5.41) is 27.8. The molecular weight excluding hydrogens is 347 g/mol. The first-order chi connectivity index (χ1) is 11.5. The Kier molecular flexibility index (Phi) is 5.30. The average Bonchev–Trinajstić information content (AvgIpc) is 3.04. The second kappa shape index (κ2) is 7.40. The van der Waals surface area contributed by atoms with Crippen molar-refractivity contribution in [3.05, 3.63) is 63.0 Å². The maximum absolute atomic E-state index is 9.17. The predicted octanol–water partition coefficient (Wildman–Crippen LogP) is 4.42. The Labute approximate surface area is 148 Å². The van der Waals surface area contributed by atoms with E-state index in [9.17, 15) is 5.26 Å². The van der Waals surface area contributed by atoms with Crippen LogP contribution in [-0.2, 0) is 0 Å². The van der Waals surface area contributed by atoms with Crippen molar-refractivity contribution in [3.8, 4) is 29.5 Å². The molecule has 2 aromatic rings. The molecule has 0 aliphatic rings. The highest BCUT2D eigenvalue weighted by Crippen LogP contribution is 2.32. The van der Waals surface area contributed by atoms with Gasteiger partial charge in [0.05, 0.1) is 16.3 Å². The second-order valence-corrected chi connectivity index (χ2v) is 5.35. The molecule has 0 aliphatic heterocycles. The number of halogens is 2. The van der Waals surface area contributed by atoms with E-state index in [1.807, 2.05) is 6.07 Å². The minimum atomic E-state index is -0.340. The molecule has 0 amide bonds. The molecule has 0 saturated carbocycles. The molecule has 7 heteroatoms. The number of allylic oxidation sites excluding steroid dienone is 2. The Balaban J connectivity index is 2.46. The molecule has 0 aliphatic carbocycles. The molecule has 0 unspecified atom stereocenters. The predicted molar refractivity (Wildman–Crippen MR) is 90.2 cm³/mol. The highest BCUT2D eigenvalue weighted by molar-refractivity contribution is 6.35. The maximum atomic E-state index is 9.17. The minimum Gasteiger partial charge on any atom is -0.457 e. The molecule has 0 fully saturated rings. The van der Waals surface area contributed by atoms with E-state index >= 15 is 0 Å². The highest BCUT2D eigenvalue weighted by Gasteiger charge is 2.12. The summed E-state index contributed by atoms with van der Waals surface area (Å²) < 4.78 is 5.62. The number of nitrogens with two attached hydrogens (primary N) is 1. The summed E-state index contributed by atoms with van der Waals surface area (Å²) in [5.41, 5.74) is 5.67. The summed E-state index contributed by atoms with van der Waals surface area (Å²) in [5.74, 6) is 0.769. The number of hydrogen-bond donors (Lipinski definition) is 1. The molecular formula is C17H8Cl2N4O. The molecule has 0 radical (unpaired) electrons. The van der Waals surface area contributed by atoms with Gasteiger partial charge >= 0.3 is 0 Å². The quantitative estimate of drug-likeness (QED) is 0.647. The van der Waals surface area contributed by atoms with E-state index in [1.54, 1.807) is 42.5 Å². The van der Waals surface area contributed by atoms with Gasteiger partial charge in [0.2, 0.25) is 0 Å². The Morgan fingerprint density at radius 1 is 1.04 bits per heavy atom. The zero-order valence-corrected chi connectivity index (χ0v) is 13.6. The number of nitriles is 3. The van der Waals surface area contributed by atoms with Crippen molar-refractivity contribution in [3.63, 3.8) is 0 Å². The number of hydrogen-bond acceptors (Lipinski definition) is 5. The molecule has 116 valence electrons. The zero-order chi connectivity index (χ0) is 17.7. The SMILES string of the molecule is N#CC(=Cc1ccc(-c2cc(Cl)ccc2Cl)o1)C(N)=C(C#N)C#N. The van der Waals surface area contributed by atoms with Gasteiger partial charge in [0.25, 0.3) is 0 Å². The van der Waals surface area contributed by atoms with Crippen molar-refractivity contribution < 1.29 is 4.42 Å². The van der Waals surface area contributed by atoms with Gasteiger partial charge in [0.1, 0.15) is 29.7 Å². The molecule has 0 bridgehead atoms. The van der Waals surface area contributed by atoms with Crippen LogP contribution in [0.3, 0.4) is 0 Å². The van der Waals surface area contributed by atoms with E-state index in [0.29, 0.717) is 27.1 Å². The van der Waals surface area contributed by atoms with Crippen molar-refractivity contribution in [2.75, 3.05) is 0 Å². The Morgan fingerprint density at radius 2 is 1.75 bits per heavy atom. The van der Waals surface area contributed by atoms with Gasteiger partial charge in [-0.1, -0.05) is 23.2 Å². The molecule has 0 saturated heterocycles. The highest BCUT2D eigenvalue weighted by atomic mass is 35.5. The van der Waals surface area contributed by atoms with Gasteiger partial charge in [-0.15, -0.1) is 0 Å². The summed E-state index contributed by atoms with van der Waals surface area (Å²) in [4.78, 5) is 0. The van der Waals surface area contributed by atoms with E-state index in [2.05, 4.69) is 0 Å². The second-order valence-electron chi connectivity index (χ2n) is 4.51. The average molecular weight is 355 g/mol. The van der Waals surface area contributed by atoms with Crippen LogP contribution in [0.15, 0.2) is 51.6 Å². The van der Waals surface area contributed by atoms with Gasteiger partial charge in [-0.3, -0.25) is 0 Å². The summed E-state index contributed by atoms with van der Waals surface area (Å²) >= 11 is 12.1. The molecule has 5 nitrogen and oxygen atoms in total. The zero-order valence-electron chi connectivity index (χ0n) is 12.0. The lowest BCUT2D eigenvalue weighted by molar-refractivity contribution is 0.571. The largest absolute Gasteiger partial charge is 0.457 e. The standard InChI is InChI=1S/C17H8Cl2N4O/c18-12-1-3-15(19)14(6-12)16-4-2-13(24-16)5-10(7-20)17(23)11(8-21)9-22/h1-6H,23H2. The number of benzene rings is 1. The van der Waals surface area contributed by atoms with Gasteiger partial charge in [0, 0.05) is 16.7 Å². The van der Waals surface area contributed by atoms with E-state index in [0.717, 1.165) is 0 Å². The van der Waals surface area contributed by atoms with E-state index in [-0.39, 0.29) is 16.8 Å². The third kappa shape index (κ3) is 3.59. The summed E-state index contributed by atoms with van der Waals surface area (Å²) in [6, 6.07) is 13.3. The summed E-state index contributed by atoms with van der Waals surface area (Å²) in [6.45, 7) is 0. The molecule has 1 heterocycles. The first-order valence-electron chi connectivity index (χ1n) is 6.47. The normalized spacial score (nSPS) is 10.4. The van der Waals surface area contributed by atoms with Crippen LogP contribution in [0.2, 0.25) is 10.0 Å². The molecule has 1 aromatic carbocycles. The van der Waals surface area contributed by atoms with E-state index in [1.165, 1.54) is 6.08 Å². The minimum absolute atomic E-state index is 0.0498. The van der Waals surface area contributed by atoms with Gasteiger partial charge < -0.3 is 10.2 Å². The van der Waals surface area contributed by atoms with Crippen molar-refractivity contribution in [1.29, 1.82) is 15.8 Å². The van der Waals surface area contributed by atoms with Gasteiger partial charge in [0.15, 0.2) is 5.57 Å². The van der Waals surface area contributed by atoms with Crippen LogP contribution < -0.4 is 5.73 Å². The smallest absolute Gasteiger partial charge is 0.153 e. The van der Waals surface area contributed by atoms with Crippen LogP contribution in [0.4, 0.5) is 0 Å². The third-order valence-electron chi connectivity index (χ3n) is 3.01. The number of nitrogens with zero attached hydrogens (tertiary/aromatic N) is 3. The fraction of sp³-hybridized carbons (Fsp3) is 0. The topological polar surface area (TPSA) is 111 Å². The Hall–Kier alpha value is -3.17. The van der Waals surface area contributed by atoms with Crippen LogP contribution in [0.5, 0.6) is 0 Å². The lowest BCUT2D eigenvalue weighted by Gasteiger charge is -2.01. The monoisotopic (exact) mass is 354 g/mol. The maximum Gasteiger partial charge on any atom is 0.153 e. The molecule has 1 aromatic heterocycles.